The minimum atomic E-state index is -4.56. The fourth-order valence-corrected chi connectivity index (χ4v) is 4.91. The van der Waals surface area contributed by atoms with Crippen LogP contribution in [0.3, 0.4) is 0 Å². The molecule has 0 radical (unpaired) electrons. The van der Waals surface area contributed by atoms with Crippen molar-refractivity contribution < 1.29 is 18.3 Å². The molecule has 5 heterocycles. The Hall–Kier alpha value is -4.24. The minimum Gasteiger partial charge on any atom is -0.389 e. The fraction of sp³-hybridized carbons (Fsp3) is 0.393. The summed E-state index contributed by atoms with van der Waals surface area (Å²) in [6.45, 7) is 7.44. The second-order valence-electron chi connectivity index (χ2n) is 10.4. The lowest BCUT2D eigenvalue weighted by Crippen LogP contribution is -2.47. The number of alkyl halides is 3. The normalized spacial score (nSPS) is 16.2. The summed E-state index contributed by atoms with van der Waals surface area (Å²) in [6.07, 6.45) is 2.18. The highest BCUT2D eigenvalue weighted by Crippen LogP contribution is 2.35. The molecule has 0 amide bonds. The predicted octanol–water partition coefficient (Wildman–Crippen LogP) is 5.47. The number of pyridine rings is 2. The number of rotatable bonds is 6. The third-order valence-corrected chi connectivity index (χ3v) is 7.67. The van der Waals surface area contributed by atoms with Crippen LogP contribution in [0, 0.1) is 17.2 Å². The summed E-state index contributed by atoms with van der Waals surface area (Å²) in [5.74, 6) is 1.25. The Morgan fingerprint density at radius 3 is 2.48 bits per heavy atom. The first-order chi connectivity index (χ1) is 19.0. The largest absolute Gasteiger partial charge is 0.417 e. The number of H-pyrrole nitrogens is 1. The molecule has 40 heavy (non-hydrogen) atoms. The zero-order valence-corrected chi connectivity index (χ0v) is 22.3. The molecule has 0 spiro atoms. The molecule has 4 aromatic rings. The molecule has 0 saturated carbocycles. The molecule has 1 saturated heterocycles. The molecule has 0 bridgehead atoms. The summed E-state index contributed by atoms with van der Waals surface area (Å²) in [4.78, 5) is 22.2. The van der Waals surface area contributed by atoms with E-state index >= 15 is 0 Å². The lowest BCUT2D eigenvalue weighted by atomic mass is 9.81. The predicted molar refractivity (Wildman–Crippen MR) is 144 cm³/mol. The maximum atomic E-state index is 13.3. The van der Waals surface area contributed by atoms with Crippen molar-refractivity contribution in [2.75, 3.05) is 23.3 Å². The summed E-state index contributed by atoms with van der Waals surface area (Å²) in [5, 5.41) is 23.8. The number of fused-ring (bicyclic) bond motifs is 1. The number of hydrogen-bond donors (Lipinski definition) is 3. The van der Waals surface area contributed by atoms with Crippen LogP contribution in [0.15, 0.2) is 43.0 Å². The van der Waals surface area contributed by atoms with Gasteiger partial charge in [0.2, 0.25) is 5.95 Å². The summed E-state index contributed by atoms with van der Waals surface area (Å²) in [6, 6.07) is 6.65. The Morgan fingerprint density at radius 1 is 1.10 bits per heavy atom. The Morgan fingerprint density at radius 2 is 1.85 bits per heavy atom. The van der Waals surface area contributed by atoms with Crippen molar-refractivity contribution >= 4 is 22.8 Å². The monoisotopic (exact) mass is 550 g/mol. The molecule has 1 atom stereocenters. The number of nitrogens with zero attached hydrogens (tertiary/aromatic N) is 6. The molecule has 1 aliphatic heterocycles. The molecule has 9 nitrogen and oxygen atoms in total. The van der Waals surface area contributed by atoms with Gasteiger partial charge in [-0.2, -0.15) is 18.4 Å². The molecule has 1 unspecified atom stereocenters. The molecular formula is C28H29F3N8O. The first kappa shape index (κ1) is 27.3. The van der Waals surface area contributed by atoms with Crippen LogP contribution < -0.4 is 10.2 Å². The van der Waals surface area contributed by atoms with Crippen molar-refractivity contribution in [2.45, 2.75) is 51.4 Å². The molecule has 208 valence electrons. The number of halogens is 3. The Bertz CT molecular complexity index is 1550. The number of nitrogens with one attached hydrogen (secondary N) is 2. The van der Waals surface area contributed by atoms with Crippen LogP contribution in [0.1, 0.15) is 56.3 Å². The van der Waals surface area contributed by atoms with Gasteiger partial charge < -0.3 is 20.3 Å². The van der Waals surface area contributed by atoms with E-state index in [-0.39, 0.29) is 40.2 Å². The highest BCUT2D eigenvalue weighted by atomic mass is 19.4. The second-order valence-corrected chi connectivity index (χ2v) is 10.4. The van der Waals surface area contributed by atoms with Gasteiger partial charge in [-0.05, 0) is 43.4 Å². The van der Waals surface area contributed by atoms with Gasteiger partial charge in [-0.3, -0.25) is 0 Å². The van der Waals surface area contributed by atoms with Crippen molar-refractivity contribution in [3.05, 3.63) is 59.7 Å². The Labute approximate surface area is 229 Å². The number of aromatic amines is 1. The Balaban J connectivity index is 1.35. The van der Waals surface area contributed by atoms with Gasteiger partial charge in [0.25, 0.3) is 0 Å². The van der Waals surface area contributed by atoms with E-state index in [1.165, 1.54) is 12.4 Å². The van der Waals surface area contributed by atoms with Gasteiger partial charge >= 0.3 is 6.18 Å². The number of aromatic nitrogens is 5. The number of piperidine rings is 1. The topological polar surface area (TPSA) is 127 Å². The van der Waals surface area contributed by atoms with Crippen molar-refractivity contribution in [3.8, 4) is 17.3 Å². The highest BCUT2D eigenvalue weighted by Gasteiger charge is 2.35. The third kappa shape index (κ3) is 5.29. The van der Waals surface area contributed by atoms with Crippen LogP contribution in [0.25, 0.3) is 22.3 Å². The first-order valence-electron chi connectivity index (χ1n) is 13.0. The maximum absolute atomic E-state index is 13.3. The van der Waals surface area contributed by atoms with Crippen LogP contribution in [-0.2, 0) is 6.18 Å². The fourth-order valence-electron chi connectivity index (χ4n) is 4.91. The lowest BCUT2D eigenvalue weighted by molar-refractivity contribution is -0.137. The molecule has 0 aliphatic carbocycles. The van der Waals surface area contributed by atoms with Gasteiger partial charge in [-0.1, -0.05) is 19.9 Å². The van der Waals surface area contributed by atoms with E-state index in [9.17, 15) is 23.5 Å². The van der Waals surface area contributed by atoms with Crippen LogP contribution in [0.4, 0.5) is 24.9 Å². The van der Waals surface area contributed by atoms with E-state index in [4.69, 9.17) is 0 Å². The number of nitriles is 1. The molecule has 4 aromatic heterocycles. The van der Waals surface area contributed by atoms with Gasteiger partial charge in [0, 0.05) is 42.6 Å². The third-order valence-electron chi connectivity index (χ3n) is 7.67. The zero-order valence-electron chi connectivity index (χ0n) is 22.3. The molecular weight excluding hydrogens is 521 g/mol. The van der Waals surface area contributed by atoms with Crippen molar-refractivity contribution in [1.82, 2.24) is 24.9 Å². The summed E-state index contributed by atoms with van der Waals surface area (Å²) in [5.41, 5.74) is 0.227. The van der Waals surface area contributed by atoms with Crippen LogP contribution in [-0.4, -0.2) is 48.7 Å². The van der Waals surface area contributed by atoms with Crippen molar-refractivity contribution in [3.63, 3.8) is 0 Å². The zero-order chi connectivity index (χ0) is 28.7. The van der Waals surface area contributed by atoms with Crippen molar-refractivity contribution in [2.24, 2.45) is 5.92 Å². The van der Waals surface area contributed by atoms with Crippen molar-refractivity contribution in [1.29, 1.82) is 5.26 Å². The average molecular weight is 551 g/mol. The van der Waals surface area contributed by atoms with Gasteiger partial charge in [0.15, 0.2) is 0 Å². The number of anilines is 2. The first-order valence-corrected chi connectivity index (χ1v) is 13.0. The van der Waals surface area contributed by atoms with Gasteiger partial charge in [0.1, 0.15) is 17.5 Å². The standard InChI is InChI=1S/C28H29F3N8O/c1-16(2)27(40)6-8-39(9-7-27)23-5-4-18(12-33-23)17(3)37-26-36-13-19(11-32)24(38-26)22-15-35-25-21(22)10-20(14-34-25)28(29,30)31/h4-5,10,12-17,40H,6-9H2,1-3H3,(H,34,35)(H,36,37,38). The van der Waals surface area contributed by atoms with Crippen LogP contribution in [0.5, 0.6) is 0 Å². The SMILES string of the molecule is CC(Nc1ncc(C#N)c(-c2c[nH]c3ncc(C(F)(F)F)cc23)n1)c1ccc(N2CCC(O)(C(C)C)CC2)nc1. The van der Waals surface area contributed by atoms with Crippen LogP contribution >= 0.6 is 0 Å². The highest BCUT2D eigenvalue weighted by molar-refractivity contribution is 5.94. The Kier molecular flexibility index (Phi) is 7.10. The summed E-state index contributed by atoms with van der Waals surface area (Å²) < 4.78 is 39.9. The smallest absolute Gasteiger partial charge is 0.389 e. The van der Waals surface area contributed by atoms with E-state index in [0.29, 0.717) is 18.4 Å². The maximum Gasteiger partial charge on any atom is 0.417 e. The van der Waals surface area contributed by atoms with E-state index in [2.05, 4.69) is 35.1 Å². The van der Waals surface area contributed by atoms with E-state index in [0.717, 1.165) is 36.7 Å². The summed E-state index contributed by atoms with van der Waals surface area (Å²) in [7, 11) is 0. The van der Waals surface area contributed by atoms with E-state index in [1.807, 2.05) is 39.0 Å². The van der Waals surface area contributed by atoms with Gasteiger partial charge in [0.05, 0.1) is 34.7 Å². The van der Waals surface area contributed by atoms with E-state index < -0.39 is 17.3 Å². The van der Waals surface area contributed by atoms with Gasteiger partial charge in [-0.25, -0.2) is 19.9 Å². The van der Waals surface area contributed by atoms with Gasteiger partial charge in [-0.15, -0.1) is 0 Å². The summed E-state index contributed by atoms with van der Waals surface area (Å²) >= 11 is 0. The van der Waals surface area contributed by atoms with E-state index in [1.54, 1.807) is 6.20 Å². The second kappa shape index (κ2) is 10.4. The minimum absolute atomic E-state index is 0.119. The average Bonchev–Trinajstić information content (AvgIpc) is 3.36. The lowest BCUT2D eigenvalue weighted by Gasteiger charge is -2.41. The quantitative estimate of drug-likeness (QED) is 0.289. The molecule has 1 fully saturated rings. The molecule has 5 rings (SSSR count). The molecule has 1 aliphatic rings. The number of aliphatic hydroxyl groups is 1. The van der Waals surface area contributed by atoms with Crippen LogP contribution in [0.2, 0.25) is 0 Å². The molecule has 3 N–H and O–H groups in total. The molecule has 0 aromatic carbocycles. The number of hydrogen-bond acceptors (Lipinski definition) is 8. The molecule has 12 heteroatoms.